The van der Waals surface area contributed by atoms with Crippen molar-refractivity contribution in [3.05, 3.63) is 216 Å². The lowest BCUT2D eigenvalue weighted by Gasteiger charge is -2.49. The number of hydrogen-bond donors (Lipinski definition) is 0. The van der Waals surface area contributed by atoms with Crippen LogP contribution in [-0.2, 0) is 11.1 Å². The highest BCUT2D eigenvalue weighted by atomic mass is 15.5. The number of anilines is 6. The molecular formula is C50H34N6. The predicted octanol–water partition coefficient (Wildman–Crippen LogP) is 10.6. The van der Waals surface area contributed by atoms with Crippen LogP contribution in [0.3, 0.4) is 0 Å². The first-order chi connectivity index (χ1) is 27.8. The Hall–Kier alpha value is -7.18. The Bertz CT molecular complexity index is 2750. The van der Waals surface area contributed by atoms with Gasteiger partial charge in [0.1, 0.15) is 0 Å². The topological polar surface area (TPSA) is 38.7 Å². The van der Waals surface area contributed by atoms with Crippen molar-refractivity contribution in [1.82, 2.24) is 9.97 Å². The van der Waals surface area contributed by atoms with Gasteiger partial charge in [-0.15, -0.1) is 0 Å². The van der Waals surface area contributed by atoms with E-state index in [4.69, 9.17) is 9.97 Å². The highest BCUT2D eigenvalue weighted by Gasteiger charge is 2.57. The van der Waals surface area contributed by atoms with Crippen molar-refractivity contribution >= 4 is 34.1 Å². The van der Waals surface area contributed by atoms with Crippen LogP contribution in [0.25, 0.3) is 22.3 Å². The molecule has 2 aliphatic carbocycles. The number of para-hydroxylation sites is 4. The average molecular weight is 719 g/mol. The number of fused-ring (bicyclic) bond motifs is 30. The maximum atomic E-state index is 5.10. The summed E-state index contributed by atoms with van der Waals surface area (Å²) in [7, 11) is 0. The first-order valence-corrected chi connectivity index (χ1v) is 19.4. The van der Waals surface area contributed by atoms with E-state index in [2.05, 4.69) is 190 Å². The van der Waals surface area contributed by atoms with Crippen molar-refractivity contribution in [2.45, 2.75) is 11.1 Å². The Balaban J connectivity index is 1.17. The fourth-order valence-corrected chi connectivity index (χ4v) is 10.9. The second-order valence-corrected chi connectivity index (χ2v) is 15.4. The zero-order valence-electron chi connectivity index (χ0n) is 30.4. The first kappa shape index (κ1) is 30.2. The third kappa shape index (κ3) is 3.53. The molecule has 6 nitrogen and oxygen atoms in total. The molecule has 56 heavy (non-hydrogen) atoms. The van der Waals surface area contributed by atoms with E-state index in [9.17, 15) is 0 Å². The largest absolute Gasteiger partial charge is 0.321 e. The molecule has 0 saturated carbocycles. The van der Waals surface area contributed by atoms with E-state index in [1.165, 1.54) is 55.9 Å². The van der Waals surface area contributed by atoms with E-state index >= 15 is 0 Å². The molecule has 0 amide bonds. The van der Waals surface area contributed by atoms with Crippen molar-refractivity contribution in [1.29, 1.82) is 0 Å². The maximum Gasteiger partial charge on any atom is 0.170 e. The normalized spacial score (nSPS) is 16.6. The monoisotopic (exact) mass is 718 g/mol. The van der Waals surface area contributed by atoms with Gasteiger partial charge in [-0.05, 0) is 80.9 Å². The van der Waals surface area contributed by atoms with Crippen molar-refractivity contribution in [3.8, 4) is 22.3 Å². The smallest absolute Gasteiger partial charge is 0.170 e. The Morgan fingerprint density at radius 2 is 0.732 bits per heavy atom. The average Bonchev–Trinajstić information content (AvgIpc) is 4.01. The Morgan fingerprint density at radius 1 is 0.375 bits per heavy atom. The van der Waals surface area contributed by atoms with Crippen LogP contribution in [0.2, 0.25) is 0 Å². The lowest BCUT2D eigenvalue weighted by molar-refractivity contribution is 0.472. The summed E-state index contributed by atoms with van der Waals surface area (Å²) in [5.41, 5.74) is 17.8. The van der Waals surface area contributed by atoms with E-state index in [-0.39, 0.29) is 0 Å². The molecule has 0 radical (unpaired) electrons. The second kappa shape index (κ2) is 10.7. The highest BCUT2D eigenvalue weighted by molar-refractivity contribution is 5.95. The van der Waals surface area contributed by atoms with Gasteiger partial charge in [0.2, 0.25) is 0 Å². The molecule has 0 unspecified atom stereocenters. The van der Waals surface area contributed by atoms with Gasteiger partial charge in [0.25, 0.3) is 0 Å². The van der Waals surface area contributed by atoms with E-state index in [0.717, 1.165) is 33.9 Å². The SMILES string of the molecule is c1ccc2c(c1)-c1ccccc1C21c2cncc(c2)N2CN(c3ccccc32)C2(c3ccccc3-c3ccccc32)N2CN(c3cncc1c3)c1ccccc12. The summed E-state index contributed by atoms with van der Waals surface area (Å²) in [6.07, 6.45) is 8.25. The van der Waals surface area contributed by atoms with Gasteiger partial charge in [-0.3, -0.25) is 9.97 Å². The first-order valence-electron chi connectivity index (χ1n) is 19.4. The van der Waals surface area contributed by atoms with Crippen molar-refractivity contribution in [2.75, 3.05) is 32.9 Å². The van der Waals surface area contributed by atoms with E-state index in [0.29, 0.717) is 13.3 Å². The van der Waals surface area contributed by atoms with E-state index < -0.39 is 11.1 Å². The van der Waals surface area contributed by atoms with Crippen LogP contribution in [0.15, 0.2) is 183 Å². The molecule has 3 aliphatic heterocycles. The minimum Gasteiger partial charge on any atom is -0.321 e. The fourth-order valence-electron chi connectivity index (χ4n) is 10.9. The summed E-state index contributed by atoms with van der Waals surface area (Å²) < 4.78 is 0. The zero-order valence-corrected chi connectivity index (χ0v) is 30.4. The molecule has 0 atom stereocenters. The van der Waals surface area contributed by atoms with Gasteiger partial charge in [-0.25, -0.2) is 0 Å². The molecule has 2 aromatic heterocycles. The molecule has 6 aromatic carbocycles. The van der Waals surface area contributed by atoms with Crippen molar-refractivity contribution in [3.63, 3.8) is 0 Å². The molecular weight excluding hydrogens is 685 g/mol. The van der Waals surface area contributed by atoms with Crippen LogP contribution < -0.4 is 19.6 Å². The molecule has 5 aliphatic rings. The highest BCUT2D eigenvalue weighted by Crippen LogP contribution is 2.62. The number of hydrogen-bond acceptors (Lipinski definition) is 6. The molecule has 264 valence electrons. The fraction of sp³-hybridized carbons (Fsp3) is 0.0800. The number of pyridine rings is 2. The van der Waals surface area contributed by atoms with E-state index in [1.54, 1.807) is 0 Å². The molecule has 6 heteroatoms. The number of aromatic nitrogens is 2. The molecule has 13 rings (SSSR count). The van der Waals surface area contributed by atoms with Gasteiger partial charge in [0, 0.05) is 23.5 Å². The summed E-state index contributed by atoms with van der Waals surface area (Å²) >= 11 is 0. The van der Waals surface area contributed by atoms with Gasteiger partial charge in [0.05, 0.1) is 65.3 Å². The lowest BCUT2D eigenvalue weighted by atomic mass is 9.68. The summed E-state index contributed by atoms with van der Waals surface area (Å²) in [6, 6.07) is 58.4. The summed E-state index contributed by atoms with van der Waals surface area (Å²) in [4.78, 5) is 20.4. The van der Waals surface area contributed by atoms with Gasteiger partial charge in [-0.1, -0.05) is 121 Å². The molecule has 8 aromatic rings. The van der Waals surface area contributed by atoms with Crippen LogP contribution in [-0.4, -0.2) is 23.3 Å². The van der Waals surface area contributed by atoms with Crippen molar-refractivity contribution in [2.24, 2.45) is 0 Å². The van der Waals surface area contributed by atoms with Crippen molar-refractivity contribution < 1.29 is 0 Å². The number of rotatable bonds is 0. The van der Waals surface area contributed by atoms with Gasteiger partial charge < -0.3 is 19.6 Å². The number of benzene rings is 6. The molecule has 8 bridgehead atoms. The summed E-state index contributed by atoms with van der Waals surface area (Å²) in [5, 5.41) is 0. The van der Waals surface area contributed by atoms with Gasteiger partial charge in [0.15, 0.2) is 5.66 Å². The summed E-state index contributed by atoms with van der Waals surface area (Å²) in [6.45, 7) is 1.25. The molecule has 2 spiro atoms. The Labute approximate surface area is 325 Å². The quantitative estimate of drug-likeness (QED) is 0.155. The minimum absolute atomic E-state index is 0.624. The Morgan fingerprint density at radius 3 is 1.18 bits per heavy atom. The lowest BCUT2D eigenvalue weighted by Crippen LogP contribution is -2.59. The third-order valence-electron chi connectivity index (χ3n) is 13.1. The molecule has 0 fully saturated rings. The van der Waals surface area contributed by atoms with Gasteiger partial charge in [-0.2, -0.15) is 0 Å². The van der Waals surface area contributed by atoms with Crippen LogP contribution in [0.1, 0.15) is 33.4 Å². The minimum atomic E-state index is -0.687. The third-order valence-corrected chi connectivity index (χ3v) is 13.1. The predicted molar refractivity (Wildman–Crippen MR) is 224 cm³/mol. The van der Waals surface area contributed by atoms with Crippen LogP contribution in [0.5, 0.6) is 0 Å². The van der Waals surface area contributed by atoms with Gasteiger partial charge >= 0.3 is 0 Å². The molecule has 0 N–H and O–H groups in total. The zero-order chi connectivity index (χ0) is 36.6. The number of nitrogens with zero attached hydrogens (tertiary/aromatic N) is 6. The summed E-state index contributed by atoms with van der Waals surface area (Å²) in [5.74, 6) is 0. The van der Waals surface area contributed by atoms with E-state index in [1.807, 2.05) is 12.4 Å². The Kier molecular flexibility index (Phi) is 5.79. The maximum absolute atomic E-state index is 5.10. The molecule has 0 saturated heterocycles. The second-order valence-electron chi connectivity index (χ2n) is 15.4. The standard InChI is InChI=1S/C50H34N6/c1-5-17-41-37(13-1)38-14-2-6-18-42(38)49(41)33-25-35(29-51-27-33)53-31-55(47-23-11-9-21-45(47)53)50(43-19-7-3-15-39(43)40-16-4-8-20-44(40)50)56-32-54(36-26-34(49)28-52-30-36)46-22-10-12-24-48(46)56/h1-30H,31-32H2. The van der Waals surface area contributed by atoms with Crippen LogP contribution in [0, 0.1) is 0 Å². The van der Waals surface area contributed by atoms with Crippen LogP contribution >= 0.6 is 0 Å². The molecule has 5 heterocycles. The van der Waals surface area contributed by atoms with Crippen LogP contribution in [0.4, 0.5) is 34.1 Å².